The summed E-state index contributed by atoms with van der Waals surface area (Å²) in [7, 11) is 2.09. The minimum absolute atomic E-state index is 0.414. The minimum Gasteiger partial charge on any atom is -0.389 e. The van der Waals surface area contributed by atoms with E-state index in [-0.39, 0.29) is 0 Å². The summed E-state index contributed by atoms with van der Waals surface area (Å²) < 4.78 is 0.983. The molecular weight excluding hydrogens is 298 g/mol. The highest BCUT2D eigenvalue weighted by atomic mass is 79.9. The summed E-state index contributed by atoms with van der Waals surface area (Å²) in [6, 6.07) is 5.91. The lowest BCUT2D eigenvalue weighted by atomic mass is 10.2. The summed E-state index contributed by atoms with van der Waals surface area (Å²) in [6.45, 7) is 5.05. The van der Waals surface area contributed by atoms with E-state index in [0.717, 1.165) is 35.4 Å². The molecule has 0 aromatic heterocycles. The molecule has 0 amide bonds. The fraction of sp³-hybridized carbons (Fsp3) is 0.417. The topological polar surface area (TPSA) is 41.3 Å². The van der Waals surface area contributed by atoms with Gasteiger partial charge in [-0.25, -0.2) is 0 Å². The second kappa shape index (κ2) is 6.93. The largest absolute Gasteiger partial charge is 0.389 e. The van der Waals surface area contributed by atoms with Gasteiger partial charge >= 0.3 is 0 Å². The van der Waals surface area contributed by atoms with Crippen LogP contribution >= 0.6 is 28.1 Å². The average molecular weight is 316 g/mol. The van der Waals surface area contributed by atoms with Crippen LogP contribution in [-0.2, 0) is 0 Å². The Labute approximate surface area is 116 Å². The molecule has 1 rings (SSSR count). The number of rotatable bonds is 6. The molecule has 0 radical (unpaired) electrons. The van der Waals surface area contributed by atoms with Gasteiger partial charge in [-0.2, -0.15) is 0 Å². The third-order valence-electron chi connectivity index (χ3n) is 2.60. The molecule has 0 spiro atoms. The van der Waals surface area contributed by atoms with Gasteiger partial charge in [0.25, 0.3) is 0 Å². The van der Waals surface area contributed by atoms with Gasteiger partial charge in [0.2, 0.25) is 0 Å². The van der Waals surface area contributed by atoms with Crippen LogP contribution in [0.3, 0.4) is 0 Å². The first-order chi connectivity index (χ1) is 8.04. The van der Waals surface area contributed by atoms with Gasteiger partial charge in [-0.15, -0.1) is 0 Å². The highest BCUT2D eigenvalue weighted by Crippen LogP contribution is 2.20. The maximum atomic E-state index is 5.70. The molecule has 0 atom stereocenters. The number of nitrogens with two attached hydrogens (primary N) is 1. The van der Waals surface area contributed by atoms with Crippen LogP contribution < -0.4 is 11.1 Å². The van der Waals surface area contributed by atoms with E-state index < -0.39 is 0 Å². The van der Waals surface area contributed by atoms with Gasteiger partial charge in [-0.3, -0.25) is 0 Å². The zero-order valence-corrected chi connectivity index (χ0v) is 12.6. The molecule has 1 aromatic rings. The molecule has 0 bridgehead atoms. The van der Waals surface area contributed by atoms with E-state index in [1.165, 1.54) is 0 Å². The van der Waals surface area contributed by atoms with Crippen LogP contribution in [0.1, 0.15) is 12.5 Å². The Morgan fingerprint density at radius 2 is 2.24 bits per heavy atom. The predicted octanol–water partition coefficient (Wildman–Crippen LogP) is 2.45. The number of likely N-dealkylation sites (N-methyl/N-ethyl adjacent to an activating group) is 1. The smallest absolute Gasteiger partial charge is 0.106 e. The van der Waals surface area contributed by atoms with Crippen molar-refractivity contribution in [3.8, 4) is 0 Å². The van der Waals surface area contributed by atoms with E-state index in [2.05, 4.69) is 40.1 Å². The van der Waals surface area contributed by atoms with E-state index in [4.69, 9.17) is 18.0 Å². The highest BCUT2D eigenvalue weighted by molar-refractivity contribution is 9.10. The van der Waals surface area contributed by atoms with Crippen molar-refractivity contribution in [1.82, 2.24) is 4.90 Å². The monoisotopic (exact) mass is 315 g/mol. The number of halogens is 1. The summed E-state index contributed by atoms with van der Waals surface area (Å²) >= 11 is 8.46. The van der Waals surface area contributed by atoms with Crippen LogP contribution in [0.4, 0.5) is 5.69 Å². The molecule has 17 heavy (non-hydrogen) atoms. The first-order valence-corrected chi connectivity index (χ1v) is 6.76. The van der Waals surface area contributed by atoms with Crippen LogP contribution in [0, 0.1) is 0 Å². The molecule has 3 nitrogen and oxygen atoms in total. The molecule has 3 N–H and O–H groups in total. The fourth-order valence-corrected chi connectivity index (χ4v) is 1.94. The van der Waals surface area contributed by atoms with Gasteiger partial charge in [0, 0.05) is 28.8 Å². The lowest BCUT2D eigenvalue weighted by Crippen LogP contribution is -2.25. The summed E-state index contributed by atoms with van der Waals surface area (Å²) in [5.74, 6) is 0. The molecule has 5 heteroatoms. The van der Waals surface area contributed by atoms with Crippen molar-refractivity contribution >= 4 is 38.8 Å². The van der Waals surface area contributed by atoms with Gasteiger partial charge in [0.15, 0.2) is 0 Å². The Hall–Kier alpha value is -0.650. The lowest BCUT2D eigenvalue weighted by molar-refractivity contribution is 0.367. The van der Waals surface area contributed by atoms with Crippen molar-refractivity contribution < 1.29 is 0 Å². The second-order valence-corrected chi connectivity index (χ2v) is 5.23. The van der Waals surface area contributed by atoms with Crippen LogP contribution in [0.25, 0.3) is 0 Å². The maximum absolute atomic E-state index is 5.70. The summed E-state index contributed by atoms with van der Waals surface area (Å²) in [6.07, 6.45) is 0. The number of anilines is 1. The molecular formula is C12H18BrN3S. The third-order valence-corrected chi connectivity index (χ3v) is 3.31. The van der Waals surface area contributed by atoms with Crippen molar-refractivity contribution in [1.29, 1.82) is 0 Å². The number of nitrogens with one attached hydrogen (secondary N) is 1. The Morgan fingerprint density at radius 1 is 1.53 bits per heavy atom. The van der Waals surface area contributed by atoms with Crippen molar-refractivity contribution in [2.45, 2.75) is 6.92 Å². The van der Waals surface area contributed by atoms with E-state index in [0.29, 0.717) is 4.99 Å². The molecule has 0 aliphatic heterocycles. The Morgan fingerprint density at radius 3 is 2.82 bits per heavy atom. The quantitative estimate of drug-likeness (QED) is 0.791. The zero-order valence-electron chi connectivity index (χ0n) is 10.2. The molecule has 0 aliphatic carbocycles. The highest BCUT2D eigenvalue weighted by Gasteiger charge is 2.05. The first kappa shape index (κ1) is 14.4. The van der Waals surface area contributed by atoms with Gasteiger partial charge in [0.05, 0.1) is 0 Å². The molecule has 0 heterocycles. The Bertz CT molecular complexity index is 395. The van der Waals surface area contributed by atoms with E-state index >= 15 is 0 Å². The summed E-state index contributed by atoms with van der Waals surface area (Å²) in [5.41, 5.74) is 7.58. The lowest BCUT2D eigenvalue weighted by Gasteiger charge is -2.16. The van der Waals surface area contributed by atoms with E-state index in [1.807, 2.05) is 18.2 Å². The molecule has 1 aromatic carbocycles. The molecule has 0 saturated heterocycles. The number of hydrogen-bond donors (Lipinski definition) is 2. The second-order valence-electron chi connectivity index (χ2n) is 3.88. The molecule has 0 unspecified atom stereocenters. The number of benzene rings is 1. The van der Waals surface area contributed by atoms with Crippen LogP contribution in [0.2, 0.25) is 0 Å². The summed E-state index contributed by atoms with van der Waals surface area (Å²) in [5, 5.41) is 3.36. The average Bonchev–Trinajstić information content (AvgIpc) is 2.30. The van der Waals surface area contributed by atoms with Crippen molar-refractivity contribution in [3.05, 3.63) is 28.2 Å². The number of thiocarbonyl (C=S) groups is 1. The Balaban J connectivity index is 2.67. The van der Waals surface area contributed by atoms with E-state index in [9.17, 15) is 0 Å². The van der Waals surface area contributed by atoms with Crippen molar-refractivity contribution in [2.75, 3.05) is 32.0 Å². The van der Waals surface area contributed by atoms with Gasteiger partial charge in [-0.05, 0) is 31.8 Å². The normalized spacial score (nSPS) is 10.6. The zero-order chi connectivity index (χ0) is 12.8. The van der Waals surface area contributed by atoms with Crippen molar-refractivity contribution in [3.63, 3.8) is 0 Å². The molecule has 0 aliphatic rings. The minimum atomic E-state index is 0.414. The fourth-order valence-electron chi connectivity index (χ4n) is 1.41. The predicted molar refractivity (Wildman–Crippen MR) is 81.7 cm³/mol. The summed E-state index contributed by atoms with van der Waals surface area (Å²) in [4.78, 5) is 2.66. The maximum Gasteiger partial charge on any atom is 0.106 e. The van der Waals surface area contributed by atoms with Crippen LogP contribution in [0.15, 0.2) is 22.7 Å². The molecule has 0 saturated carbocycles. The SMILES string of the molecule is CCN(C)CCNc1ccc(Br)cc1C(N)=S. The number of hydrogen-bond acceptors (Lipinski definition) is 3. The number of nitrogens with zero attached hydrogens (tertiary/aromatic N) is 1. The van der Waals surface area contributed by atoms with E-state index in [1.54, 1.807) is 0 Å². The Kier molecular flexibility index (Phi) is 5.88. The third kappa shape index (κ3) is 4.61. The van der Waals surface area contributed by atoms with Gasteiger partial charge in [0.1, 0.15) is 4.99 Å². The molecule has 94 valence electrons. The van der Waals surface area contributed by atoms with Crippen LogP contribution in [-0.4, -0.2) is 36.6 Å². The standard InChI is InChI=1S/C12H18BrN3S/c1-3-16(2)7-6-15-11-5-4-9(13)8-10(11)12(14)17/h4-5,8,15H,3,6-7H2,1-2H3,(H2,14,17). The van der Waals surface area contributed by atoms with Gasteiger partial charge in [-0.1, -0.05) is 35.1 Å². The first-order valence-electron chi connectivity index (χ1n) is 5.56. The molecule has 0 fully saturated rings. The van der Waals surface area contributed by atoms with Crippen molar-refractivity contribution in [2.24, 2.45) is 5.73 Å². The van der Waals surface area contributed by atoms with Crippen LogP contribution in [0.5, 0.6) is 0 Å². The van der Waals surface area contributed by atoms with Gasteiger partial charge < -0.3 is 16.0 Å².